The zero-order chi connectivity index (χ0) is 14.1. The second-order valence-corrected chi connectivity index (χ2v) is 5.77. The van der Waals surface area contributed by atoms with E-state index in [-0.39, 0.29) is 5.91 Å². The van der Waals surface area contributed by atoms with E-state index in [0.717, 1.165) is 25.0 Å². The number of rotatable bonds is 8. The lowest BCUT2D eigenvalue weighted by Crippen LogP contribution is -2.29. The SMILES string of the molecule is CCCOc1cccc(C(=O)NCC(Br)CCC)c1. The number of carbonyl (C=O) groups excluding carboxylic acids is 1. The molecule has 0 fully saturated rings. The van der Waals surface area contributed by atoms with Crippen molar-refractivity contribution in [3.8, 4) is 5.75 Å². The summed E-state index contributed by atoms with van der Waals surface area (Å²) in [6, 6.07) is 7.31. The fourth-order valence-corrected chi connectivity index (χ4v) is 2.29. The fraction of sp³-hybridized carbons (Fsp3) is 0.533. The Labute approximate surface area is 123 Å². The molecule has 106 valence electrons. The third-order valence-corrected chi connectivity index (χ3v) is 3.44. The van der Waals surface area contributed by atoms with Gasteiger partial charge in [-0.05, 0) is 31.0 Å². The molecule has 0 aliphatic heterocycles. The van der Waals surface area contributed by atoms with E-state index >= 15 is 0 Å². The highest BCUT2D eigenvalue weighted by molar-refractivity contribution is 9.09. The van der Waals surface area contributed by atoms with Crippen molar-refractivity contribution in [3.63, 3.8) is 0 Å². The van der Waals surface area contributed by atoms with Gasteiger partial charge in [0.05, 0.1) is 6.61 Å². The lowest BCUT2D eigenvalue weighted by molar-refractivity contribution is 0.0953. The molecule has 19 heavy (non-hydrogen) atoms. The van der Waals surface area contributed by atoms with Gasteiger partial charge in [-0.1, -0.05) is 42.3 Å². The van der Waals surface area contributed by atoms with Gasteiger partial charge in [-0.25, -0.2) is 0 Å². The number of hydrogen-bond donors (Lipinski definition) is 1. The molecular weight excluding hydrogens is 306 g/mol. The first-order chi connectivity index (χ1) is 9.17. The molecule has 1 aromatic rings. The number of alkyl halides is 1. The summed E-state index contributed by atoms with van der Waals surface area (Å²) in [7, 11) is 0. The van der Waals surface area contributed by atoms with E-state index in [9.17, 15) is 4.79 Å². The molecule has 4 heteroatoms. The van der Waals surface area contributed by atoms with Gasteiger partial charge in [0, 0.05) is 16.9 Å². The fourth-order valence-electron chi connectivity index (χ4n) is 1.67. The number of nitrogens with one attached hydrogen (secondary N) is 1. The zero-order valence-corrected chi connectivity index (χ0v) is 13.2. The van der Waals surface area contributed by atoms with Crippen LogP contribution in [0.15, 0.2) is 24.3 Å². The maximum Gasteiger partial charge on any atom is 0.251 e. The van der Waals surface area contributed by atoms with Crippen LogP contribution in [0.25, 0.3) is 0 Å². The van der Waals surface area contributed by atoms with Crippen molar-refractivity contribution in [2.75, 3.05) is 13.2 Å². The molecule has 1 aromatic carbocycles. The zero-order valence-electron chi connectivity index (χ0n) is 11.6. The molecule has 0 saturated carbocycles. The summed E-state index contributed by atoms with van der Waals surface area (Å²) in [6.07, 6.45) is 3.12. The summed E-state index contributed by atoms with van der Waals surface area (Å²) in [5.41, 5.74) is 0.643. The molecule has 1 rings (SSSR count). The Morgan fingerprint density at radius 2 is 2.16 bits per heavy atom. The van der Waals surface area contributed by atoms with E-state index in [2.05, 4.69) is 35.1 Å². The van der Waals surface area contributed by atoms with E-state index in [1.54, 1.807) is 12.1 Å². The molecule has 0 aromatic heterocycles. The number of ether oxygens (including phenoxy) is 1. The second kappa shape index (κ2) is 8.97. The van der Waals surface area contributed by atoms with Gasteiger partial charge in [-0.3, -0.25) is 4.79 Å². The number of hydrogen-bond acceptors (Lipinski definition) is 2. The molecule has 1 N–H and O–H groups in total. The predicted octanol–water partition coefficient (Wildman–Crippen LogP) is 3.77. The van der Waals surface area contributed by atoms with Crippen LogP contribution in [0.2, 0.25) is 0 Å². The first-order valence-electron chi connectivity index (χ1n) is 6.82. The summed E-state index contributed by atoms with van der Waals surface area (Å²) in [5.74, 6) is 0.695. The minimum Gasteiger partial charge on any atom is -0.494 e. The third kappa shape index (κ3) is 6.10. The Bertz CT molecular complexity index is 395. The highest BCUT2D eigenvalue weighted by Gasteiger charge is 2.09. The summed E-state index contributed by atoms with van der Waals surface area (Å²) in [6.45, 7) is 5.50. The average Bonchev–Trinajstić information content (AvgIpc) is 2.43. The molecule has 3 nitrogen and oxygen atoms in total. The molecule has 0 bridgehead atoms. The normalized spacial score (nSPS) is 11.9. The van der Waals surface area contributed by atoms with Crippen LogP contribution in [0, 0.1) is 0 Å². The number of halogens is 1. The number of amides is 1. The maximum atomic E-state index is 12.0. The molecular formula is C15H22BrNO2. The second-order valence-electron chi connectivity index (χ2n) is 4.47. The predicted molar refractivity (Wildman–Crippen MR) is 82.2 cm³/mol. The van der Waals surface area contributed by atoms with Gasteiger partial charge >= 0.3 is 0 Å². The first-order valence-corrected chi connectivity index (χ1v) is 7.74. The molecule has 0 radical (unpaired) electrons. The molecule has 0 heterocycles. The van der Waals surface area contributed by atoms with Crippen molar-refractivity contribution in [2.24, 2.45) is 0 Å². The van der Waals surface area contributed by atoms with E-state index in [1.165, 1.54) is 0 Å². The van der Waals surface area contributed by atoms with Gasteiger partial charge in [0.2, 0.25) is 0 Å². The lowest BCUT2D eigenvalue weighted by Gasteiger charge is -2.11. The van der Waals surface area contributed by atoms with Crippen LogP contribution in [0.1, 0.15) is 43.5 Å². The smallest absolute Gasteiger partial charge is 0.251 e. The highest BCUT2D eigenvalue weighted by atomic mass is 79.9. The van der Waals surface area contributed by atoms with Crippen LogP contribution >= 0.6 is 15.9 Å². The van der Waals surface area contributed by atoms with Gasteiger partial charge in [-0.15, -0.1) is 0 Å². The van der Waals surface area contributed by atoms with Crippen LogP contribution < -0.4 is 10.1 Å². The molecule has 0 aliphatic carbocycles. The standard InChI is InChI=1S/C15H22BrNO2/c1-3-6-13(16)11-17-15(18)12-7-5-8-14(10-12)19-9-4-2/h5,7-8,10,13H,3-4,6,9,11H2,1-2H3,(H,17,18). The van der Waals surface area contributed by atoms with E-state index < -0.39 is 0 Å². The summed E-state index contributed by atoms with van der Waals surface area (Å²) < 4.78 is 5.52. The largest absolute Gasteiger partial charge is 0.494 e. The quantitative estimate of drug-likeness (QED) is 0.738. The van der Waals surface area contributed by atoms with Gasteiger partial charge in [0.15, 0.2) is 0 Å². The van der Waals surface area contributed by atoms with Crippen molar-refractivity contribution in [1.82, 2.24) is 5.32 Å². The topological polar surface area (TPSA) is 38.3 Å². The Morgan fingerprint density at radius 3 is 2.84 bits per heavy atom. The molecule has 1 amide bonds. The van der Waals surface area contributed by atoms with Crippen LogP contribution in [0.3, 0.4) is 0 Å². The van der Waals surface area contributed by atoms with Crippen molar-refractivity contribution in [2.45, 2.75) is 37.9 Å². The Hall–Kier alpha value is -1.03. The van der Waals surface area contributed by atoms with E-state index in [0.29, 0.717) is 23.5 Å². The molecule has 0 aliphatic rings. The van der Waals surface area contributed by atoms with Crippen molar-refractivity contribution < 1.29 is 9.53 Å². The molecule has 1 unspecified atom stereocenters. The summed E-state index contributed by atoms with van der Waals surface area (Å²) in [5, 5.41) is 2.93. The minimum atomic E-state index is -0.0532. The minimum absolute atomic E-state index is 0.0532. The monoisotopic (exact) mass is 327 g/mol. The van der Waals surface area contributed by atoms with Crippen molar-refractivity contribution in [3.05, 3.63) is 29.8 Å². The lowest BCUT2D eigenvalue weighted by atomic mass is 10.2. The first kappa shape index (κ1) is 16.0. The van der Waals surface area contributed by atoms with Crippen molar-refractivity contribution in [1.29, 1.82) is 0 Å². The van der Waals surface area contributed by atoms with Gasteiger partial charge in [-0.2, -0.15) is 0 Å². The summed E-state index contributed by atoms with van der Waals surface area (Å²) in [4.78, 5) is 12.3. The molecule has 1 atom stereocenters. The Balaban J connectivity index is 2.51. The van der Waals surface area contributed by atoms with Crippen LogP contribution in [-0.4, -0.2) is 23.9 Å². The van der Waals surface area contributed by atoms with E-state index in [1.807, 2.05) is 12.1 Å². The number of carbonyl (C=O) groups is 1. The summed E-state index contributed by atoms with van der Waals surface area (Å²) >= 11 is 3.55. The molecule has 0 spiro atoms. The Morgan fingerprint density at radius 1 is 1.37 bits per heavy atom. The van der Waals surface area contributed by atoms with Crippen LogP contribution in [0.5, 0.6) is 5.75 Å². The van der Waals surface area contributed by atoms with Gasteiger partial charge in [0.1, 0.15) is 5.75 Å². The highest BCUT2D eigenvalue weighted by Crippen LogP contribution is 2.14. The average molecular weight is 328 g/mol. The number of benzene rings is 1. The Kier molecular flexibility index (Phi) is 7.56. The third-order valence-electron chi connectivity index (χ3n) is 2.66. The van der Waals surface area contributed by atoms with Crippen LogP contribution in [0.4, 0.5) is 0 Å². The van der Waals surface area contributed by atoms with Gasteiger partial charge < -0.3 is 10.1 Å². The van der Waals surface area contributed by atoms with E-state index in [4.69, 9.17) is 4.74 Å². The molecule has 0 saturated heterocycles. The maximum absolute atomic E-state index is 12.0. The van der Waals surface area contributed by atoms with Gasteiger partial charge in [0.25, 0.3) is 5.91 Å². The van der Waals surface area contributed by atoms with Crippen LogP contribution in [-0.2, 0) is 0 Å². The van der Waals surface area contributed by atoms with Crippen molar-refractivity contribution >= 4 is 21.8 Å².